The van der Waals surface area contributed by atoms with Crippen molar-refractivity contribution in [1.82, 2.24) is 16.0 Å². The molecule has 0 aromatic heterocycles. The van der Waals surface area contributed by atoms with Gasteiger partial charge in [0.15, 0.2) is 0 Å². The van der Waals surface area contributed by atoms with Gasteiger partial charge in [0.2, 0.25) is 5.91 Å². The largest absolute Gasteiger partial charge is 0.342 e. The minimum Gasteiger partial charge on any atom is -0.342 e. The van der Waals surface area contributed by atoms with Crippen molar-refractivity contribution in [3.63, 3.8) is 0 Å². The van der Waals surface area contributed by atoms with Gasteiger partial charge in [-0.05, 0) is 25.9 Å². The lowest BCUT2D eigenvalue weighted by molar-refractivity contribution is -0.124. The van der Waals surface area contributed by atoms with E-state index >= 15 is 0 Å². The predicted molar refractivity (Wildman–Crippen MR) is 48.2 cm³/mol. The number of hydrogen-bond acceptors (Lipinski definition) is 3. The SMILES string of the molecule is Cl.O=C1NCNC12CCNCC2. The average molecular weight is 192 g/mol. The maximum atomic E-state index is 11.3. The molecule has 1 amide bonds. The monoisotopic (exact) mass is 191 g/mol. The molecule has 1 spiro atoms. The molecule has 0 bridgehead atoms. The molecule has 0 aromatic carbocycles. The van der Waals surface area contributed by atoms with Gasteiger partial charge in [0.05, 0.1) is 6.67 Å². The number of nitrogens with one attached hydrogen (secondary N) is 3. The summed E-state index contributed by atoms with van der Waals surface area (Å²) in [6.45, 7) is 2.53. The van der Waals surface area contributed by atoms with Crippen LogP contribution in [0.4, 0.5) is 0 Å². The van der Waals surface area contributed by atoms with Gasteiger partial charge in [0.1, 0.15) is 5.54 Å². The standard InChI is InChI=1S/C7H13N3O.ClH/c11-6-7(10-5-9-6)1-3-8-4-2-7;/h8,10H,1-5H2,(H,9,11);1H. The number of amides is 1. The van der Waals surface area contributed by atoms with E-state index in [2.05, 4.69) is 16.0 Å². The van der Waals surface area contributed by atoms with Crippen molar-refractivity contribution in [1.29, 1.82) is 0 Å². The average Bonchev–Trinajstić information content (AvgIpc) is 2.36. The number of rotatable bonds is 0. The predicted octanol–water partition coefficient (Wildman–Crippen LogP) is -0.793. The summed E-state index contributed by atoms with van der Waals surface area (Å²) in [5, 5.41) is 9.26. The highest BCUT2D eigenvalue weighted by Crippen LogP contribution is 2.20. The van der Waals surface area contributed by atoms with Gasteiger partial charge in [-0.25, -0.2) is 0 Å². The molecule has 0 radical (unpaired) electrons. The van der Waals surface area contributed by atoms with E-state index in [0.29, 0.717) is 6.67 Å². The van der Waals surface area contributed by atoms with Crippen molar-refractivity contribution < 1.29 is 4.79 Å². The van der Waals surface area contributed by atoms with E-state index in [-0.39, 0.29) is 23.9 Å². The van der Waals surface area contributed by atoms with Gasteiger partial charge >= 0.3 is 0 Å². The Morgan fingerprint density at radius 2 is 1.92 bits per heavy atom. The Morgan fingerprint density at radius 1 is 1.25 bits per heavy atom. The maximum absolute atomic E-state index is 11.3. The molecule has 0 atom stereocenters. The number of halogens is 1. The molecule has 2 fully saturated rings. The number of hydrogen-bond donors (Lipinski definition) is 3. The molecule has 4 nitrogen and oxygen atoms in total. The zero-order valence-electron chi connectivity index (χ0n) is 6.85. The lowest BCUT2D eigenvalue weighted by Gasteiger charge is -2.30. The third-order valence-electron chi connectivity index (χ3n) is 2.57. The lowest BCUT2D eigenvalue weighted by Crippen LogP contribution is -2.53. The van der Waals surface area contributed by atoms with Gasteiger partial charge in [-0.2, -0.15) is 0 Å². The molecule has 2 aliphatic heterocycles. The molecule has 3 N–H and O–H groups in total. The van der Waals surface area contributed by atoms with Crippen LogP contribution in [0, 0.1) is 0 Å². The van der Waals surface area contributed by atoms with Gasteiger partial charge in [0.25, 0.3) is 0 Å². The minimum absolute atomic E-state index is 0. The van der Waals surface area contributed by atoms with Gasteiger partial charge in [0, 0.05) is 0 Å². The smallest absolute Gasteiger partial charge is 0.241 e. The summed E-state index contributed by atoms with van der Waals surface area (Å²) < 4.78 is 0. The molecule has 2 rings (SSSR count). The Kier molecular flexibility index (Phi) is 2.93. The molecular weight excluding hydrogens is 178 g/mol. The zero-order chi connectivity index (χ0) is 7.73. The Bertz CT molecular complexity index is 179. The number of carbonyl (C=O) groups excluding carboxylic acids is 1. The van der Waals surface area contributed by atoms with E-state index in [0.717, 1.165) is 25.9 Å². The maximum Gasteiger partial charge on any atom is 0.241 e. The van der Waals surface area contributed by atoms with Crippen LogP contribution in [0.5, 0.6) is 0 Å². The number of carbonyl (C=O) groups is 1. The molecule has 12 heavy (non-hydrogen) atoms. The third kappa shape index (κ3) is 1.42. The van der Waals surface area contributed by atoms with Gasteiger partial charge in [-0.15, -0.1) is 12.4 Å². The fourth-order valence-corrected chi connectivity index (χ4v) is 1.80. The third-order valence-corrected chi connectivity index (χ3v) is 2.57. The molecule has 2 aliphatic rings. The van der Waals surface area contributed by atoms with Gasteiger partial charge in [-0.3, -0.25) is 10.1 Å². The minimum atomic E-state index is -0.231. The van der Waals surface area contributed by atoms with Crippen molar-refractivity contribution in [2.75, 3.05) is 19.8 Å². The van der Waals surface area contributed by atoms with Crippen LogP contribution in [0.3, 0.4) is 0 Å². The van der Waals surface area contributed by atoms with E-state index in [1.165, 1.54) is 0 Å². The van der Waals surface area contributed by atoms with E-state index in [1.54, 1.807) is 0 Å². The second kappa shape index (κ2) is 3.60. The zero-order valence-corrected chi connectivity index (χ0v) is 7.67. The van der Waals surface area contributed by atoms with Crippen molar-refractivity contribution in [2.45, 2.75) is 18.4 Å². The highest BCUT2D eigenvalue weighted by molar-refractivity contribution is 5.88. The molecule has 0 aromatic rings. The summed E-state index contributed by atoms with van der Waals surface area (Å²) in [5.74, 6) is 0.180. The second-order valence-electron chi connectivity index (χ2n) is 3.19. The summed E-state index contributed by atoms with van der Waals surface area (Å²) in [6.07, 6.45) is 1.83. The summed E-state index contributed by atoms with van der Waals surface area (Å²) in [5.41, 5.74) is -0.231. The van der Waals surface area contributed by atoms with Crippen molar-refractivity contribution in [2.24, 2.45) is 0 Å². The van der Waals surface area contributed by atoms with Crippen molar-refractivity contribution in [3.05, 3.63) is 0 Å². The molecule has 0 saturated carbocycles. The molecule has 5 heteroatoms. The topological polar surface area (TPSA) is 53.2 Å². The van der Waals surface area contributed by atoms with E-state index in [4.69, 9.17) is 0 Å². The summed E-state index contributed by atoms with van der Waals surface area (Å²) in [7, 11) is 0. The van der Waals surface area contributed by atoms with Crippen LogP contribution < -0.4 is 16.0 Å². The van der Waals surface area contributed by atoms with Crippen LogP contribution in [0.1, 0.15) is 12.8 Å². The van der Waals surface area contributed by atoms with Crippen LogP contribution in [-0.2, 0) is 4.79 Å². The summed E-state index contributed by atoms with van der Waals surface area (Å²) in [4.78, 5) is 11.3. The normalized spacial score (nSPS) is 26.5. The van der Waals surface area contributed by atoms with Crippen LogP contribution in [0.15, 0.2) is 0 Å². The van der Waals surface area contributed by atoms with E-state index in [1.807, 2.05) is 0 Å². The van der Waals surface area contributed by atoms with Crippen LogP contribution in [0.25, 0.3) is 0 Å². The first-order valence-electron chi connectivity index (χ1n) is 4.08. The Morgan fingerprint density at radius 3 is 2.42 bits per heavy atom. The quantitative estimate of drug-likeness (QED) is 0.471. The Hall–Kier alpha value is -0.320. The fourth-order valence-electron chi connectivity index (χ4n) is 1.80. The highest BCUT2D eigenvalue weighted by Gasteiger charge is 2.42. The second-order valence-corrected chi connectivity index (χ2v) is 3.19. The molecule has 70 valence electrons. The lowest BCUT2D eigenvalue weighted by atomic mass is 9.89. The van der Waals surface area contributed by atoms with Crippen LogP contribution in [0.2, 0.25) is 0 Å². The van der Waals surface area contributed by atoms with Crippen LogP contribution >= 0.6 is 12.4 Å². The molecule has 2 saturated heterocycles. The Balaban J connectivity index is 0.000000720. The molecule has 0 unspecified atom stereocenters. The molecule has 0 aliphatic carbocycles. The fraction of sp³-hybridized carbons (Fsp3) is 0.857. The van der Waals surface area contributed by atoms with Crippen LogP contribution in [-0.4, -0.2) is 31.2 Å². The first kappa shape index (κ1) is 9.77. The first-order chi connectivity index (χ1) is 5.33. The summed E-state index contributed by atoms with van der Waals surface area (Å²) in [6, 6.07) is 0. The highest BCUT2D eigenvalue weighted by atomic mass is 35.5. The van der Waals surface area contributed by atoms with E-state index < -0.39 is 0 Å². The molecular formula is C7H14ClN3O. The van der Waals surface area contributed by atoms with E-state index in [9.17, 15) is 4.79 Å². The summed E-state index contributed by atoms with van der Waals surface area (Å²) >= 11 is 0. The van der Waals surface area contributed by atoms with Crippen molar-refractivity contribution in [3.8, 4) is 0 Å². The van der Waals surface area contributed by atoms with Gasteiger partial charge < -0.3 is 10.6 Å². The van der Waals surface area contributed by atoms with Crippen molar-refractivity contribution >= 4 is 18.3 Å². The molecule has 2 heterocycles. The first-order valence-corrected chi connectivity index (χ1v) is 4.08. The number of piperidine rings is 1. The Labute approximate surface area is 77.9 Å². The van der Waals surface area contributed by atoms with Gasteiger partial charge in [-0.1, -0.05) is 0 Å².